The smallest absolute Gasteiger partial charge is 0.276 e. The summed E-state index contributed by atoms with van der Waals surface area (Å²) in [7, 11) is 1.49. The van der Waals surface area contributed by atoms with E-state index < -0.39 is 5.91 Å². The van der Waals surface area contributed by atoms with Crippen LogP contribution in [0.5, 0.6) is 11.5 Å². The molecule has 0 saturated carbocycles. The Bertz CT molecular complexity index is 770. The molecule has 1 amide bonds. The van der Waals surface area contributed by atoms with Crippen LogP contribution in [0.2, 0.25) is 0 Å². The highest BCUT2D eigenvalue weighted by molar-refractivity contribution is 6.02. The van der Waals surface area contributed by atoms with Crippen LogP contribution >= 0.6 is 0 Å². The fraction of sp³-hybridized carbons (Fsp3) is 0.267. The highest BCUT2D eigenvalue weighted by atomic mass is 16.5. The SMILES string of the molecule is Cn1nc(C(=O)Nc2ccc3c(c2)OCCCO3)ccc1=O. The van der Waals surface area contributed by atoms with Crippen LogP contribution in [0.25, 0.3) is 0 Å². The molecule has 0 fully saturated rings. The van der Waals surface area contributed by atoms with Crippen LogP contribution in [0.3, 0.4) is 0 Å². The largest absolute Gasteiger partial charge is 0.490 e. The van der Waals surface area contributed by atoms with Crippen LogP contribution in [-0.4, -0.2) is 28.9 Å². The van der Waals surface area contributed by atoms with Gasteiger partial charge in [0.25, 0.3) is 11.5 Å². The summed E-state index contributed by atoms with van der Waals surface area (Å²) in [6.07, 6.45) is 0.818. The van der Waals surface area contributed by atoms with E-state index >= 15 is 0 Å². The van der Waals surface area contributed by atoms with Crippen LogP contribution in [0.1, 0.15) is 16.9 Å². The summed E-state index contributed by atoms with van der Waals surface area (Å²) in [5.41, 5.74) is 0.464. The quantitative estimate of drug-likeness (QED) is 0.901. The predicted octanol–water partition coefficient (Wildman–Crippen LogP) is 1.19. The number of aromatic nitrogens is 2. The molecular weight excluding hydrogens is 286 g/mol. The number of ether oxygens (including phenoxy) is 2. The van der Waals surface area contributed by atoms with Gasteiger partial charge in [0.1, 0.15) is 5.69 Å². The highest BCUT2D eigenvalue weighted by Gasteiger charge is 2.13. The Morgan fingerprint density at radius 2 is 1.95 bits per heavy atom. The number of carbonyl (C=O) groups is 1. The Balaban J connectivity index is 1.80. The topological polar surface area (TPSA) is 82.5 Å². The van der Waals surface area contributed by atoms with Crippen molar-refractivity contribution in [1.82, 2.24) is 9.78 Å². The summed E-state index contributed by atoms with van der Waals surface area (Å²) in [6, 6.07) is 7.88. The van der Waals surface area contributed by atoms with E-state index in [-0.39, 0.29) is 11.3 Å². The van der Waals surface area contributed by atoms with Crippen molar-refractivity contribution in [2.75, 3.05) is 18.5 Å². The van der Waals surface area contributed by atoms with E-state index in [1.807, 2.05) is 0 Å². The predicted molar refractivity (Wildman–Crippen MR) is 79.5 cm³/mol. The lowest BCUT2D eigenvalue weighted by Gasteiger charge is -2.10. The Kier molecular flexibility index (Phi) is 3.78. The van der Waals surface area contributed by atoms with Crippen LogP contribution < -0.4 is 20.3 Å². The minimum absolute atomic E-state index is 0.161. The molecule has 1 aliphatic rings. The van der Waals surface area contributed by atoms with Crippen molar-refractivity contribution in [3.8, 4) is 11.5 Å². The molecule has 0 aliphatic carbocycles. The van der Waals surface area contributed by atoms with Crippen molar-refractivity contribution in [2.24, 2.45) is 7.05 Å². The van der Waals surface area contributed by atoms with Gasteiger partial charge in [-0.1, -0.05) is 0 Å². The third kappa shape index (κ3) is 2.93. The molecule has 1 aromatic heterocycles. The van der Waals surface area contributed by atoms with Gasteiger partial charge in [0.2, 0.25) is 0 Å². The second kappa shape index (κ2) is 5.88. The summed E-state index contributed by atoms with van der Waals surface area (Å²) < 4.78 is 12.2. The minimum atomic E-state index is -0.398. The summed E-state index contributed by atoms with van der Waals surface area (Å²) in [5, 5.41) is 6.63. The zero-order chi connectivity index (χ0) is 15.5. The fourth-order valence-electron chi connectivity index (χ4n) is 2.06. The van der Waals surface area contributed by atoms with Gasteiger partial charge in [-0.15, -0.1) is 0 Å². The summed E-state index contributed by atoms with van der Waals surface area (Å²) in [5.74, 6) is 0.865. The number of nitrogens with zero attached hydrogens (tertiary/aromatic N) is 2. The molecule has 0 spiro atoms. The first-order chi connectivity index (χ1) is 10.6. The minimum Gasteiger partial charge on any atom is -0.490 e. The molecule has 0 radical (unpaired) electrons. The lowest BCUT2D eigenvalue weighted by atomic mass is 10.2. The second-order valence-corrected chi connectivity index (χ2v) is 4.85. The number of carbonyl (C=O) groups excluding carboxylic acids is 1. The fourth-order valence-corrected chi connectivity index (χ4v) is 2.06. The van der Waals surface area contributed by atoms with Crippen molar-refractivity contribution in [3.63, 3.8) is 0 Å². The molecule has 0 atom stereocenters. The number of amides is 1. The number of hydrogen-bond acceptors (Lipinski definition) is 5. The molecule has 22 heavy (non-hydrogen) atoms. The van der Waals surface area contributed by atoms with Crippen molar-refractivity contribution < 1.29 is 14.3 Å². The van der Waals surface area contributed by atoms with Crippen LogP contribution in [0.15, 0.2) is 35.1 Å². The third-order valence-corrected chi connectivity index (χ3v) is 3.20. The summed E-state index contributed by atoms with van der Waals surface area (Å²) in [6.45, 7) is 1.19. The monoisotopic (exact) mass is 301 g/mol. The first-order valence-electron chi connectivity index (χ1n) is 6.89. The van der Waals surface area contributed by atoms with Gasteiger partial charge in [-0.05, 0) is 18.2 Å². The Morgan fingerprint density at radius 3 is 2.73 bits per heavy atom. The normalized spacial score (nSPS) is 13.3. The first kappa shape index (κ1) is 14.1. The molecule has 1 N–H and O–H groups in total. The average molecular weight is 301 g/mol. The zero-order valence-corrected chi connectivity index (χ0v) is 12.0. The Hall–Kier alpha value is -2.83. The second-order valence-electron chi connectivity index (χ2n) is 4.85. The van der Waals surface area contributed by atoms with Gasteiger partial charge in [0, 0.05) is 31.3 Å². The van der Waals surface area contributed by atoms with E-state index in [0.717, 1.165) is 11.1 Å². The van der Waals surface area contributed by atoms with Crippen molar-refractivity contribution in [1.29, 1.82) is 0 Å². The van der Waals surface area contributed by atoms with E-state index in [0.29, 0.717) is 30.4 Å². The molecule has 7 heteroatoms. The molecule has 1 aromatic carbocycles. The van der Waals surface area contributed by atoms with Crippen molar-refractivity contribution in [3.05, 3.63) is 46.4 Å². The van der Waals surface area contributed by atoms with E-state index in [4.69, 9.17) is 9.47 Å². The molecule has 114 valence electrons. The molecule has 0 unspecified atom stereocenters. The number of anilines is 1. The van der Waals surface area contributed by atoms with Crippen molar-refractivity contribution in [2.45, 2.75) is 6.42 Å². The molecule has 2 heterocycles. The summed E-state index contributed by atoms with van der Waals surface area (Å²) >= 11 is 0. The number of benzene rings is 1. The number of aryl methyl sites for hydroxylation is 1. The maximum Gasteiger partial charge on any atom is 0.276 e. The van der Waals surface area contributed by atoms with E-state index in [9.17, 15) is 9.59 Å². The van der Waals surface area contributed by atoms with Gasteiger partial charge >= 0.3 is 0 Å². The number of rotatable bonds is 2. The third-order valence-electron chi connectivity index (χ3n) is 3.20. The van der Waals surface area contributed by atoms with Gasteiger partial charge in [-0.3, -0.25) is 9.59 Å². The molecular formula is C15H15N3O4. The molecule has 7 nitrogen and oxygen atoms in total. The van der Waals surface area contributed by atoms with Crippen LogP contribution in [-0.2, 0) is 7.05 Å². The first-order valence-corrected chi connectivity index (χ1v) is 6.89. The maximum absolute atomic E-state index is 12.2. The maximum atomic E-state index is 12.2. The zero-order valence-electron chi connectivity index (χ0n) is 12.0. The van der Waals surface area contributed by atoms with Crippen molar-refractivity contribution >= 4 is 11.6 Å². The molecule has 0 bridgehead atoms. The average Bonchev–Trinajstić information content (AvgIpc) is 2.74. The Morgan fingerprint density at radius 1 is 1.18 bits per heavy atom. The standard InChI is InChI=1S/C15H15N3O4/c1-18-14(19)6-4-11(17-18)15(20)16-10-3-5-12-13(9-10)22-8-2-7-21-12/h3-6,9H,2,7-8H2,1H3,(H,16,20). The van der Waals surface area contributed by atoms with Crippen LogP contribution in [0, 0.1) is 0 Å². The molecule has 3 rings (SSSR count). The molecule has 0 saturated heterocycles. The Labute approximate surface area is 126 Å². The van der Waals surface area contributed by atoms with Gasteiger partial charge in [-0.25, -0.2) is 4.68 Å². The van der Waals surface area contributed by atoms with E-state index in [2.05, 4.69) is 10.4 Å². The molecule has 1 aliphatic heterocycles. The van der Waals surface area contributed by atoms with E-state index in [1.165, 1.54) is 19.2 Å². The highest BCUT2D eigenvalue weighted by Crippen LogP contribution is 2.32. The lowest BCUT2D eigenvalue weighted by Crippen LogP contribution is -2.23. The van der Waals surface area contributed by atoms with Gasteiger partial charge in [0.15, 0.2) is 11.5 Å². The van der Waals surface area contributed by atoms with Gasteiger partial charge < -0.3 is 14.8 Å². The van der Waals surface area contributed by atoms with Crippen LogP contribution in [0.4, 0.5) is 5.69 Å². The number of hydrogen-bond donors (Lipinski definition) is 1. The molecule has 2 aromatic rings. The van der Waals surface area contributed by atoms with E-state index in [1.54, 1.807) is 18.2 Å². The van der Waals surface area contributed by atoms with Gasteiger partial charge in [0.05, 0.1) is 13.2 Å². The number of nitrogens with one attached hydrogen (secondary N) is 1. The number of fused-ring (bicyclic) bond motifs is 1. The lowest BCUT2D eigenvalue weighted by molar-refractivity contribution is 0.102. The van der Waals surface area contributed by atoms with Gasteiger partial charge in [-0.2, -0.15) is 5.10 Å². The summed E-state index contributed by atoms with van der Waals surface area (Å²) in [4.78, 5) is 23.4.